The van der Waals surface area contributed by atoms with Gasteiger partial charge in [-0.2, -0.15) is 11.8 Å². The fraction of sp³-hybridized carbons (Fsp3) is 0.565. The molecule has 2 amide bonds. The van der Waals surface area contributed by atoms with E-state index in [1.54, 1.807) is 7.05 Å². The van der Waals surface area contributed by atoms with Crippen LogP contribution < -0.4 is 5.32 Å². The van der Waals surface area contributed by atoms with E-state index in [0.717, 1.165) is 22.3 Å². The van der Waals surface area contributed by atoms with Crippen molar-refractivity contribution in [2.24, 2.45) is 0 Å². The van der Waals surface area contributed by atoms with Crippen LogP contribution in [0.3, 0.4) is 0 Å². The number of fused-ring (bicyclic) bond motifs is 1. The van der Waals surface area contributed by atoms with Crippen molar-refractivity contribution in [3.63, 3.8) is 0 Å². The number of rotatable bonds is 6. The van der Waals surface area contributed by atoms with E-state index >= 15 is 0 Å². The Balaban J connectivity index is 1.47. The Labute approximate surface area is 182 Å². The van der Waals surface area contributed by atoms with E-state index in [1.807, 2.05) is 34.9 Å². The van der Waals surface area contributed by atoms with Gasteiger partial charge < -0.3 is 14.6 Å². The summed E-state index contributed by atoms with van der Waals surface area (Å²) in [5, 5.41) is 4.40. The van der Waals surface area contributed by atoms with Crippen molar-refractivity contribution < 1.29 is 14.0 Å². The van der Waals surface area contributed by atoms with Gasteiger partial charge in [0, 0.05) is 55.2 Å². The summed E-state index contributed by atoms with van der Waals surface area (Å²) in [4.78, 5) is 28.9. The van der Waals surface area contributed by atoms with Gasteiger partial charge >= 0.3 is 0 Å². The van der Waals surface area contributed by atoms with E-state index in [2.05, 4.69) is 16.3 Å². The molecule has 0 atom stereocenters. The normalized spacial score (nSPS) is 18.6. The van der Waals surface area contributed by atoms with Crippen molar-refractivity contribution in [3.8, 4) is 0 Å². The maximum Gasteiger partial charge on any atom is 0.290 e. The Morgan fingerprint density at radius 3 is 2.57 bits per heavy atom. The number of nitrogens with one attached hydrogen (secondary N) is 1. The summed E-state index contributed by atoms with van der Waals surface area (Å²) >= 11 is 1.97. The molecule has 2 aliphatic rings. The fourth-order valence-electron chi connectivity index (χ4n) is 4.38. The molecule has 1 N–H and O–H groups in total. The maximum absolute atomic E-state index is 13.4. The van der Waals surface area contributed by atoms with Gasteiger partial charge in [-0.05, 0) is 18.9 Å². The summed E-state index contributed by atoms with van der Waals surface area (Å²) in [5.41, 5.74) is 1.83. The maximum atomic E-state index is 13.4. The quantitative estimate of drug-likeness (QED) is 0.761. The summed E-state index contributed by atoms with van der Waals surface area (Å²) in [7, 11) is 1.65. The molecule has 2 aromatic rings. The Morgan fingerprint density at radius 2 is 1.83 bits per heavy atom. The minimum absolute atomic E-state index is 0.00841. The number of likely N-dealkylation sites (N-methyl/N-ethyl adjacent to an activating group) is 1. The molecule has 0 bridgehead atoms. The van der Waals surface area contributed by atoms with Crippen molar-refractivity contribution in [1.29, 1.82) is 0 Å². The molecule has 1 saturated heterocycles. The lowest BCUT2D eigenvalue weighted by molar-refractivity contribution is -0.122. The summed E-state index contributed by atoms with van der Waals surface area (Å²) in [6, 6.07) is 7.98. The Morgan fingerprint density at radius 1 is 1.10 bits per heavy atom. The number of para-hydroxylation sites is 1. The first-order chi connectivity index (χ1) is 14.7. The number of benzene rings is 1. The number of hydrogen-bond acceptors (Lipinski definition) is 5. The van der Waals surface area contributed by atoms with E-state index in [-0.39, 0.29) is 11.8 Å². The van der Waals surface area contributed by atoms with E-state index in [0.29, 0.717) is 43.7 Å². The number of amides is 2. The first-order valence-electron chi connectivity index (χ1n) is 11.0. The number of furan rings is 1. The van der Waals surface area contributed by atoms with Crippen molar-refractivity contribution in [2.75, 3.05) is 39.8 Å². The van der Waals surface area contributed by atoms with Gasteiger partial charge in [0.15, 0.2) is 5.76 Å². The average molecular weight is 430 g/mol. The average Bonchev–Trinajstić information content (AvgIpc) is 3.17. The lowest BCUT2D eigenvalue weighted by Gasteiger charge is -2.33. The zero-order valence-electron chi connectivity index (χ0n) is 17.7. The first-order valence-corrected chi connectivity index (χ1v) is 12.0. The standard InChI is InChI=1S/C23H31N3O3S/c1-24-21(27)15-25-11-13-26(14-12-25)23(28)22-19(16-30-17-7-3-2-4-8-17)18-9-5-6-10-20(18)29-22/h5-6,9-10,17H,2-4,7-8,11-16H2,1H3,(H,24,27). The molecular weight excluding hydrogens is 398 g/mol. The highest BCUT2D eigenvalue weighted by Gasteiger charge is 2.29. The second-order valence-corrected chi connectivity index (χ2v) is 9.51. The number of carbonyl (C=O) groups excluding carboxylic acids is 2. The second-order valence-electron chi connectivity index (χ2n) is 8.22. The lowest BCUT2D eigenvalue weighted by atomic mass is 10.0. The minimum Gasteiger partial charge on any atom is -0.451 e. The molecule has 1 aromatic carbocycles. The number of carbonyl (C=O) groups is 2. The molecule has 162 valence electrons. The highest BCUT2D eigenvalue weighted by atomic mass is 32.2. The van der Waals surface area contributed by atoms with Crippen LogP contribution in [0.1, 0.15) is 48.2 Å². The van der Waals surface area contributed by atoms with Crippen LogP contribution in [0.4, 0.5) is 0 Å². The van der Waals surface area contributed by atoms with Crippen molar-refractivity contribution in [2.45, 2.75) is 43.1 Å². The lowest BCUT2D eigenvalue weighted by Crippen LogP contribution is -2.50. The molecule has 1 aliphatic carbocycles. The molecule has 0 radical (unpaired) electrons. The van der Waals surface area contributed by atoms with Crippen LogP contribution in [-0.4, -0.2) is 66.6 Å². The van der Waals surface area contributed by atoms with Gasteiger partial charge in [0.1, 0.15) is 5.58 Å². The van der Waals surface area contributed by atoms with E-state index in [1.165, 1.54) is 32.1 Å². The van der Waals surface area contributed by atoms with Gasteiger partial charge in [-0.1, -0.05) is 37.5 Å². The van der Waals surface area contributed by atoms with Crippen LogP contribution >= 0.6 is 11.8 Å². The smallest absolute Gasteiger partial charge is 0.290 e. The molecule has 7 heteroatoms. The third kappa shape index (κ3) is 4.83. The number of nitrogens with zero attached hydrogens (tertiary/aromatic N) is 2. The van der Waals surface area contributed by atoms with Gasteiger partial charge in [-0.25, -0.2) is 0 Å². The molecular formula is C23H31N3O3S. The number of hydrogen-bond donors (Lipinski definition) is 1. The first kappa shape index (κ1) is 21.2. The van der Waals surface area contributed by atoms with Crippen LogP contribution in [0.2, 0.25) is 0 Å². The molecule has 2 heterocycles. The molecule has 6 nitrogen and oxygen atoms in total. The molecule has 30 heavy (non-hydrogen) atoms. The third-order valence-electron chi connectivity index (χ3n) is 6.21. The molecule has 1 aliphatic heterocycles. The largest absolute Gasteiger partial charge is 0.451 e. The SMILES string of the molecule is CNC(=O)CN1CCN(C(=O)c2oc3ccccc3c2CSC2CCCCC2)CC1. The summed E-state index contributed by atoms with van der Waals surface area (Å²) in [6.45, 7) is 3.01. The zero-order chi connectivity index (χ0) is 20.9. The molecule has 1 aromatic heterocycles. The molecule has 2 fully saturated rings. The van der Waals surface area contributed by atoms with Crippen LogP contribution in [0.25, 0.3) is 11.0 Å². The fourth-order valence-corrected chi connectivity index (χ4v) is 5.74. The van der Waals surface area contributed by atoms with E-state index in [4.69, 9.17) is 4.42 Å². The molecule has 0 spiro atoms. The Kier molecular flexibility index (Phi) is 7.00. The summed E-state index contributed by atoms with van der Waals surface area (Å²) < 4.78 is 6.08. The molecule has 1 saturated carbocycles. The summed E-state index contributed by atoms with van der Waals surface area (Å²) in [5.74, 6) is 1.30. The molecule has 0 unspecified atom stereocenters. The van der Waals surface area contributed by atoms with Crippen LogP contribution in [-0.2, 0) is 10.5 Å². The van der Waals surface area contributed by atoms with Gasteiger partial charge in [0.05, 0.1) is 6.54 Å². The number of piperazine rings is 1. The predicted octanol–water partition coefficient (Wildman–Crippen LogP) is 3.50. The van der Waals surface area contributed by atoms with Crippen molar-refractivity contribution >= 4 is 34.5 Å². The summed E-state index contributed by atoms with van der Waals surface area (Å²) in [6.07, 6.45) is 6.53. The van der Waals surface area contributed by atoms with Gasteiger partial charge in [-0.15, -0.1) is 0 Å². The highest BCUT2D eigenvalue weighted by Crippen LogP contribution is 2.35. The monoisotopic (exact) mass is 429 g/mol. The predicted molar refractivity (Wildman–Crippen MR) is 121 cm³/mol. The van der Waals surface area contributed by atoms with Gasteiger partial charge in [-0.3, -0.25) is 14.5 Å². The highest BCUT2D eigenvalue weighted by molar-refractivity contribution is 7.99. The molecule has 4 rings (SSSR count). The van der Waals surface area contributed by atoms with Gasteiger partial charge in [0.2, 0.25) is 5.91 Å². The van der Waals surface area contributed by atoms with Crippen LogP contribution in [0.5, 0.6) is 0 Å². The van der Waals surface area contributed by atoms with E-state index in [9.17, 15) is 9.59 Å². The number of thioether (sulfide) groups is 1. The Bertz CT molecular complexity index is 883. The van der Waals surface area contributed by atoms with E-state index < -0.39 is 0 Å². The zero-order valence-corrected chi connectivity index (χ0v) is 18.5. The third-order valence-corrected chi connectivity index (χ3v) is 7.61. The van der Waals surface area contributed by atoms with Crippen molar-refractivity contribution in [3.05, 3.63) is 35.6 Å². The minimum atomic E-state index is -0.0231. The van der Waals surface area contributed by atoms with Crippen LogP contribution in [0, 0.1) is 0 Å². The second kappa shape index (κ2) is 9.88. The Hall–Kier alpha value is -1.99. The van der Waals surface area contributed by atoms with Crippen LogP contribution in [0.15, 0.2) is 28.7 Å². The topological polar surface area (TPSA) is 65.8 Å². The van der Waals surface area contributed by atoms with Crippen molar-refractivity contribution in [1.82, 2.24) is 15.1 Å². The van der Waals surface area contributed by atoms with Gasteiger partial charge in [0.25, 0.3) is 5.91 Å².